The van der Waals surface area contributed by atoms with E-state index in [-0.39, 0.29) is 0 Å². The van der Waals surface area contributed by atoms with Crippen LogP contribution in [0.1, 0.15) is 39.5 Å². The minimum atomic E-state index is -1.50. The molecule has 0 atom stereocenters. The highest BCUT2D eigenvalue weighted by molar-refractivity contribution is 4.58. The van der Waals surface area contributed by atoms with Gasteiger partial charge < -0.3 is 10.1 Å². The zero-order chi connectivity index (χ0) is 13.5. The van der Waals surface area contributed by atoms with E-state index in [1.54, 1.807) is 0 Å². The van der Waals surface area contributed by atoms with E-state index < -0.39 is 5.09 Å². The Morgan fingerprint density at radius 3 is 1.94 bits per heavy atom. The molecule has 0 rings (SSSR count). The molecule has 7 nitrogen and oxygen atoms in total. The zero-order valence-corrected chi connectivity index (χ0v) is 10.9. The molecule has 0 saturated carbocycles. The SMILES string of the molecule is CCCCN(CCCC)CCNN.O=[N+]([O-])O. The van der Waals surface area contributed by atoms with Crippen LogP contribution in [0.2, 0.25) is 0 Å². The van der Waals surface area contributed by atoms with Gasteiger partial charge in [-0.05, 0) is 25.9 Å². The summed E-state index contributed by atoms with van der Waals surface area (Å²) >= 11 is 0. The molecule has 7 heteroatoms. The van der Waals surface area contributed by atoms with Gasteiger partial charge in [0.1, 0.15) is 0 Å². The fourth-order valence-corrected chi connectivity index (χ4v) is 1.32. The zero-order valence-electron chi connectivity index (χ0n) is 10.9. The third-order valence-corrected chi connectivity index (χ3v) is 2.23. The third-order valence-electron chi connectivity index (χ3n) is 2.23. The molecule has 0 spiro atoms. The van der Waals surface area contributed by atoms with Gasteiger partial charge in [0, 0.05) is 13.1 Å². The minimum absolute atomic E-state index is 0.896. The Hall–Kier alpha value is -0.920. The maximum Gasteiger partial charge on any atom is 0.291 e. The second-order valence-electron chi connectivity index (χ2n) is 3.74. The summed E-state index contributed by atoms with van der Waals surface area (Å²) in [6.45, 7) is 8.89. The second kappa shape index (κ2) is 15.1. The normalized spacial score (nSPS) is 9.88. The van der Waals surface area contributed by atoms with E-state index in [0.717, 1.165) is 13.1 Å². The molecular weight excluding hydrogens is 224 g/mol. The molecule has 4 N–H and O–H groups in total. The minimum Gasteiger partial charge on any atom is -0.328 e. The molecule has 104 valence electrons. The summed E-state index contributed by atoms with van der Waals surface area (Å²) in [7, 11) is 0. The number of unbranched alkanes of at least 4 members (excludes halogenated alkanes) is 2. The lowest BCUT2D eigenvalue weighted by atomic mass is 10.2. The summed E-state index contributed by atoms with van der Waals surface area (Å²) in [6.07, 6.45) is 5.15. The Balaban J connectivity index is 0. The Labute approximate surface area is 103 Å². The number of hydrogen-bond donors (Lipinski definition) is 3. The molecule has 0 bridgehead atoms. The first-order valence-corrected chi connectivity index (χ1v) is 6.07. The summed E-state index contributed by atoms with van der Waals surface area (Å²) in [5.74, 6) is 5.26. The second-order valence-corrected chi connectivity index (χ2v) is 3.74. The van der Waals surface area contributed by atoms with Gasteiger partial charge in [0.25, 0.3) is 5.09 Å². The predicted molar refractivity (Wildman–Crippen MR) is 67.2 cm³/mol. The number of nitrogens with zero attached hydrogens (tertiary/aromatic N) is 2. The number of rotatable bonds is 9. The Morgan fingerprint density at radius 1 is 1.24 bits per heavy atom. The largest absolute Gasteiger partial charge is 0.328 e. The standard InChI is InChI=1S/C10H25N3.HNO3/c1-3-5-8-13(9-6-4-2)10-7-12-11;2-1(3)4/h12H,3-11H2,1-2H3;(H,2,3,4). The molecule has 0 aromatic rings. The van der Waals surface area contributed by atoms with Crippen LogP contribution in [0.3, 0.4) is 0 Å². The average Bonchev–Trinajstić information content (AvgIpc) is 2.27. The van der Waals surface area contributed by atoms with Gasteiger partial charge in [-0.3, -0.25) is 11.3 Å². The van der Waals surface area contributed by atoms with Crippen molar-refractivity contribution in [3.8, 4) is 0 Å². The molecule has 0 fully saturated rings. The monoisotopic (exact) mass is 250 g/mol. The fraction of sp³-hybridized carbons (Fsp3) is 1.00. The maximum absolute atomic E-state index is 8.36. The van der Waals surface area contributed by atoms with Gasteiger partial charge in [0.2, 0.25) is 0 Å². The highest BCUT2D eigenvalue weighted by Crippen LogP contribution is 1.97. The molecule has 0 aliphatic carbocycles. The van der Waals surface area contributed by atoms with Crippen molar-refractivity contribution in [2.75, 3.05) is 26.2 Å². The van der Waals surface area contributed by atoms with Crippen LogP contribution in [0, 0.1) is 10.1 Å². The lowest BCUT2D eigenvalue weighted by Crippen LogP contribution is -2.36. The van der Waals surface area contributed by atoms with Crippen molar-refractivity contribution in [3.63, 3.8) is 0 Å². The van der Waals surface area contributed by atoms with Gasteiger partial charge in [-0.1, -0.05) is 26.7 Å². The van der Waals surface area contributed by atoms with Crippen LogP contribution in [0.25, 0.3) is 0 Å². The smallest absolute Gasteiger partial charge is 0.291 e. The van der Waals surface area contributed by atoms with Gasteiger partial charge >= 0.3 is 0 Å². The van der Waals surface area contributed by atoms with Crippen molar-refractivity contribution in [2.45, 2.75) is 39.5 Å². The van der Waals surface area contributed by atoms with E-state index in [0.29, 0.717) is 0 Å². The average molecular weight is 250 g/mol. The van der Waals surface area contributed by atoms with E-state index in [2.05, 4.69) is 24.2 Å². The molecule has 0 amide bonds. The van der Waals surface area contributed by atoms with E-state index >= 15 is 0 Å². The number of nitrogens with two attached hydrogens (primary N) is 1. The molecular formula is C10H26N4O3. The Kier molecular flexibility index (Phi) is 16.4. The Bertz CT molecular complexity index is 147. The van der Waals surface area contributed by atoms with Crippen molar-refractivity contribution in [2.24, 2.45) is 5.84 Å². The van der Waals surface area contributed by atoms with Crippen LogP contribution >= 0.6 is 0 Å². The summed E-state index contributed by atoms with van der Waals surface area (Å²) in [5.41, 5.74) is 2.71. The lowest BCUT2D eigenvalue weighted by Gasteiger charge is -2.21. The molecule has 17 heavy (non-hydrogen) atoms. The molecule has 0 saturated heterocycles. The first kappa shape index (κ1) is 18.4. The van der Waals surface area contributed by atoms with Gasteiger partial charge in [-0.15, -0.1) is 10.1 Å². The van der Waals surface area contributed by atoms with Crippen LogP contribution in [0.4, 0.5) is 0 Å². The van der Waals surface area contributed by atoms with E-state index in [1.165, 1.54) is 38.8 Å². The Morgan fingerprint density at radius 2 is 1.65 bits per heavy atom. The third kappa shape index (κ3) is 21.0. The summed E-state index contributed by atoms with van der Waals surface area (Å²) in [4.78, 5) is 10.9. The molecule has 0 heterocycles. The molecule has 0 aliphatic rings. The summed E-state index contributed by atoms with van der Waals surface area (Å²) < 4.78 is 0. The summed E-state index contributed by atoms with van der Waals surface area (Å²) in [6, 6.07) is 0. The first-order valence-electron chi connectivity index (χ1n) is 6.07. The maximum atomic E-state index is 8.36. The number of nitrogens with one attached hydrogen (secondary N) is 1. The first-order chi connectivity index (χ1) is 8.08. The quantitative estimate of drug-likeness (QED) is 0.320. The highest BCUT2D eigenvalue weighted by Gasteiger charge is 2.01. The van der Waals surface area contributed by atoms with Crippen molar-refractivity contribution in [1.29, 1.82) is 0 Å². The van der Waals surface area contributed by atoms with Crippen LogP contribution in [0.5, 0.6) is 0 Å². The van der Waals surface area contributed by atoms with Crippen molar-refractivity contribution in [1.82, 2.24) is 10.3 Å². The van der Waals surface area contributed by atoms with Crippen LogP contribution in [0.15, 0.2) is 0 Å². The number of hydrazine groups is 1. The molecule has 0 unspecified atom stereocenters. The van der Waals surface area contributed by atoms with Crippen molar-refractivity contribution < 1.29 is 10.3 Å². The number of hydrogen-bond acceptors (Lipinski definition) is 5. The van der Waals surface area contributed by atoms with Crippen LogP contribution in [-0.2, 0) is 0 Å². The highest BCUT2D eigenvalue weighted by atomic mass is 16.9. The molecule has 0 radical (unpaired) electrons. The van der Waals surface area contributed by atoms with Crippen LogP contribution in [-0.4, -0.2) is 41.4 Å². The van der Waals surface area contributed by atoms with Crippen molar-refractivity contribution >= 4 is 0 Å². The van der Waals surface area contributed by atoms with Gasteiger partial charge in [-0.25, -0.2) is 0 Å². The topological polar surface area (TPSA) is 105 Å². The fourth-order valence-electron chi connectivity index (χ4n) is 1.32. The van der Waals surface area contributed by atoms with E-state index in [9.17, 15) is 0 Å². The lowest BCUT2D eigenvalue weighted by molar-refractivity contribution is -0.742. The van der Waals surface area contributed by atoms with Gasteiger partial charge in [-0.2, -0.15) is 0 Å². The molecule has 0 aromatic heterocycles. The predicted octanol–water partition coefficient (Wildman–Crippen LogP) is 1.00. The van der Waals surface area contributed by atoms with Crippen molar-refractivity contribution in [3.05, 3.63) is 10.1 Å². The van der Waals surface area contributed by atoms with Gasteiger partial charge in [0.15, 0.2) is 0 Å². The molecule has 0 aromatic carbocycles. The van der Waals surface area contributed by atoms with E-state index in [1.807, 2.05) is 0 Å². The van der Waals surface area contributed by atoms with E-state index in [4.69, 9.17) is 21.2 Å². The van der Waals surface area contributed by atoms with Crippen LogP contribution < -0.4 is 11.3 Å². The van der Waals surface area contributed by atoms with Gasteiger partial charge in [0.05, 0.1) is 0 Å². The summed E-state index contributed by atoms with van der Waals surface area (Å²) in [5, 5.41) is 13.6. The molecule has 0 aliphatic heterocycles.